The highest BCUT2D eigenvalue weighted by atomic mass is 32.1. The fourth-order valence-corrected chi connectivity index (χ4v) is 4.30. The number of amides is 1. The van der Waals surface area contributed by atoms with Gasteiger partial charge in [0.25, 0.3) is 0 Å². The van der Waals surface area contributed by atoms with Gasteiger partial charge in [-0.1, -0.05) is 60.7 Å². The van der Waals surface area contributed by atoms with E-state index in [9.17, 15) is 15.0 Å². The Bertz CT molecular complexity index is 1030. The fourth-order valence-electron chi connectivity index (χ4n) is 4.06. The van der Waals surface area contributed by atoms with Crippen molar-refractivity contribution in [1.82, 2.24) is 5.32 Å². The number of aliphatic hydroxyl groups excluding tert-OH is 2. The summed E-state index contributed by atoms with van der Waals surface area (Å²) in [4.78, 5) is 12.9. The molecule has 0 heterocycles. The Morgan fingerprint density at radius 1 is 0.968 bits per heavy atom. The average Bonchev–Trinajstić information content (AvgIpc) is 3.11. The van der Waals surface area contributed by atoms with E-state index >= 15 is 0 Å². The number of hydrogen-bond donors (Lipinski definition) is 4. The molecule has 0 aliphatic heterocycles. The highest BCUT2D eigenvalue weighted by Gasteiger charge is 2.29. The van der Waals surface area contributed by atoms with Gasteiger partial charge < -0.3 is 20.3 Å². The van der Waals surface area contributed by atoms with Crippen LogP contribution in [0, 0.1) is 0 Å². The van der Waals surface area contributed by atoms with Crippen molar-refractivity contribution in [3.05, 3.63) is 89.5 Å². The van der Waals surface area contributed by atoms with Gasteiger partial charge in [0.05, 0.1) is 6.10 Å². The molecule has 0 saturated carbocycles. The summed E-state index contributed by atoms with van der Waals surface area (Å²) >= 11 is 4.24. The molecule has 0 aromatic heterocycles. The minimum absolute atomic E-state index is 0.000859. The smallest absolute Gasteiger partial charge is 0.407 e. The van der Waals surface area contributed by atoms with E-state index < -0.39 is 18.3 Å². The van der Waals surface area contributed by atoms with Gasteiger partial charge in [-0.25, -0.2) is 4.79 Å². The zero-order valence-corrected chi connectivity index (χ0v) is 17.8. The number of rotatable bonds is 7. The third-order valence-electron chi connectivity index (χ3n) is 5.63. The third kappa shape index (κ3) is 4.77. The largest absolute Gasteiger partial charge is 0.449 e. The number of benzene rings is 3. The van der Waals surface area contributed by atoms with Crippen molar-refractivity contribution in [1.29, 1.82) is 0 Å². The highest BCUT2D eigenvalue weighted by molar-refractivity contribution is 7.80. The van der Waals surface area contributed by atoms with E-state index in [1.54, 1.807) is 24.3 Å². The molecule has 0 bridgehead atoms. The first kappa shape index (κ1) is 21.4. The van der Waals surface area contributed by atoms with E-state index in [1.165, 1.54) is 11.1 Å². The summed E-state index contributed by atoms with van der Waals surface area (Å²) in [7, 11) is 0. The zero-order valence-electron chi connectivity index (χ0n) is 16.9. The van der Waals surface area contributed by atoms with Crippen molar-refractivity contribution in [3.8, 4) is 11.1 Å². The maximum absolute atomic E-state index is 12.2. The summed E-state index contributed by atoms with van der Waals surface area (Å²) in [6, 6.07) is 23.3. The molecule has 0 fully saturated rings. The van der Waals surface area contributed by atoms with Crippen LogP contribution in [0.5, 0.6) is 0 Å². The Kier molecular flexibility index (Phi) is 6.61. The molecule has 1 aliphatic rings. The first-order chi connectivity index (χ1) is 15.0. The molecule has 3 aromatic carbocycles. The molecule has 1 aliphatic carbocycles. The Morgan fingerprint density at radius 2 is 1.61 bits per heavy atom. The second-order valence-corrected chi connectivity index (χ2v) is 8.16. The molecular formula is C25H25NO4S. The van der Waals surface area contributed by atoms with Gasteiger partial charge in [0.1, 0.15) is 12.7 Å². The van der Waals surface area contributed by atoms with Gasteiger partial charge in [0, 0.05) is 17.4 Å². The summed E-state index contributed by atoms with van der Waals surface area (Å²) in [6.45, 7) is 0.426. The maximum Gasteiger partial charge on any atom is 0.407 e. The number of alkyl carbamates (subject to hydrolysis) is 1. The lowest BCUT2D eigenvalue weighted by Crippen LogP contribution is -2.30. The number of ether oxygens (including phenoxy) is 1. The predicted octanol–water partition coefficient (Wildman–Crippen LogP) is 4.30. The SMILES string of the molecule is O=C(NCCC(O)C(O)c1cccc(S)c1)OCC1c2ccccc2-c2ccccc21. The summed E-state index contributed by atoms with van der Waals surface area (Å²) in [5.74, 6) is -0.000859. The van der Waals surface area contributed by atoms with Crippen LogP contribution >= 0.6 is 12.6 Å². The topological polar surface area (TPSA) is 78.8 Å². The normalized spacial score (nSPS) is 14.4. The van der Waals surface area contributed by atoms with Crippen LogP contribution in [0.1, 0.15) is 35.1 Å². The minimum Gasteiger partial charge on any atom is -0.449 e. The number of aliphatic hydroxyl groups is 2. The number of hydrogen-bond acceptors (Lipinski definition) is 5. The van der Waals surface area contributed by atoms with Gasteiger partial charge in [0.2, 0.25) is 0 Å². The summed E-state index contributed by atoms with van der Waals surface area (Å²) in [5.41, 5.74) is 5.24. The van der Waals surface area contributed by atoms with Crippen LogP contribution in [0.15, 0.2) is 77.7 Å². The molecule has 1 amide bonds. The van der Waals surface area contributed by atoms with Crippen molar-refractivity contribution in [2.75, 3.05) is 13.2 Å². The summed E-state index contributed by atoms with van der Waals surface area (Å²) in [6.07, 6.45) is -2.40. The Balaban J connectivity index is 1.28. The molecule has 0 radical (unpaired) electrons. The number of fused-ring (bicyclic) bond motifs is 3. The van der Waals surface area contributed by atoms with Crippen LogP contribution < -0.4 is 5.32 Å². The summed E-state index contributed by atoms with van der Waals surface area (Å²) in [5, 5.41) is 23.2. The van der Waals surface area contributed by atoms with Crippen LogP contribution in [0.2, 0.25) is 0 Å². The van der Waals surface area contributed by atoms with Crippen LogP contribution in [0.3, 0.4) is 0 Å². The Labute approximate surface area is 187 Å². The minimum atomic E-state index is -1.04. The number of nitrogens with one attached hydrogen (secondary N) is 1. The molecule has 5 nitrogen and oxygen atoms in total. The number of carbonyl (C=O) groups excluding carboxylic acids is 1. The van der Waals surface area contributed by atoms with Gasteiger partial charge in [0.15, 0.2) is 0 Å². The second kappa shape index (κ2) is 9.56. The van der Waals surface area contributed by atoms with Crippen molar-refractivity contribution in [3.63, 3.8) is 0 Å². The highest BCUT2D eigenvalue weighted by Crippen LogP contribution is 2.44. The quantitative estimate of drug-likeness (QED) is 0.417. The van der Waals surface area contributed by atoms with E-state index in [4.69, 9.17) is 4.74 Å². The molecule has 3 N–H and O–H groups in total. The lowest BCUT2D eigenvalue weighted by Gasteiger charge is -2.19. The first-order valence-electron chi connectivity index (χ1n) is 10.3. The van der Waals surface area contributed by atoms with E-state index in [0.29, 0.717) is 10.5 Å². The molecule has 2 atom stereocenters. The maximum atomic E-state index is 12.2. The molecule has 31 heavy (non-hydrogen) atoms. The van der Waals surface area contributed by atoms with Crippen molar-refractivity contribution in [2.24, 2.45) is 0 Å². The Morgan fingerprint density at radius 3 is 2.26 bits per heavy atom. The molecule has 160 valence electrons. The van der Waals surface area contributed by atoms with Gasteiger partial charge in [-0.15, -0.1) is 12.6 Å². The van der Waals surface area contributed by atoms with Crippen molar-refractivity contribution < 1.29 is 19.7 Å². The van der Waals surface area contributed by atoms with Crippen molar-refractivity contribution in [2.45, 2.75) is 29.4 Å². The number of carbonyl (C=O) groups is 1. The van der Waals surface area contributed by atoms with Gasteiger partial charge in [-0.05, 0) is 46.4 Å². The van der Waals surface area contributed by atoms with Crippen LogP contribution in [-0.2, 0) is 4.74 Å². The van der Waals surface area contributed by atoms with Crippen LogP contribution in [0.25, 0.3) is 11.1 Å². The average molecular weight is 436 g/mol. The third-order valence-corrected chi connectivity index (χ3v) is 5.91. The lowest BCUT2D eigenvalue weighted by molar-refractivity contribution is 0.0135. The molecule has 2 unspecified atom stereocenters. The zero-order chi connectivity index (χ0) is 21.8. The van der Waals surface area contributed by atoms with Gasteiger partial charge in [-0.2, -0.15) is 0 Å². The predicted molar refractivity (Wildman–Crippen MR) is 122 cm³/mol. The van der Waals surface area contributed by atoms with Crippen LogP contribution in [0.4, 0.5) is 4.79 Å². The molecule has 0 saturated heterocycles. The van der Waals surface area contributed by atoms with E-state index in [-0.39, 0.29) is 25.5 Å². The molecule has 4 rings (SSSR count). The fraction of sp³-hybridized carbons (Fsp3) is 0.240. The van der Waals surface area contributed by atoms with Crippen molar-refractivity contribution >= 4 is 18.7 Å². The van der Waals surface area contributed by atoms with E-state index in [0.717, 1.165) is 11.1 Å². The van der Waals surface area contributed by atoms with E-state index in [2.05, 4.69) is 42.2 Å². The van der Waals surface area contributed by atoms with E-state index in [1.807, 2.05) is 24.3 Å². The first-order valence-corrected chi connectivity index (χ1v) is 10.7. The standard InChI is InChI=1S/C25H25NO4S/c27-23(24(28)16-6-5-7-17(31)14-16)12-13-26-25(29)30-15-22-20-10-3-1-8-18(20)19-9-2-4-11-21(19)22/h1-11,14,22-24,27-28,31H,12-13,15H2,(H,26,29). The van der Waals surface area contributed by atoms with Crippen LogP contribution in [-0.4, -0.2) is 35.6 Å². The lowest BCUT2D eigenvalue weighted by atomic mass is 9.98. The monoisotopic (exact) mass is 435 g/mol. The molecule has 3 aromatic rings. The van der Waals surface area contributed by atoms with Gasteiger partial charge in [-0.3, -0.25) is 0 Å². The summed E-state index contributed by atoms with van der Waals surface area (Å²) < 4.78 is 5.48. The molecular weight excluding hydrogens is 410 g/mol. The molecule has 6 heteroatoms. The molecule has 0 spiro atoms. The Hall–Kier alpha value is -2.80. The van der Waals surface area contributed by atoms with Gasteiger partial charge >= 0.3 is 6.09 Å². The number of thiol groups is 1. The second-order valence-electron chi connectivity index (χ2n) is 7.65.